The van der Waals surface area contributed by atoms with Crippen molar-refractivity contribution in [1.82, 2.24) is 0 Å². The Labute approximate surface area is 84.1 Å². The molecule has 0 bridgehead atoms. The van der Waals surface area contributed by atoms with Crippen LogP contribution in [0.2, 0.25) is 0 Å². The number of benzene rings is 1. The lowest BCUT2D eigenvalue weighted by Crippen LogP contribution is -2.06. The molecule has 1 aromatic carbocycles. The Morgan fingerprint density at radius 2 is 2.14 bits per heavy atom. The first-order valence-electron chi connectivity index (χ1n) is 4.83. The van der Waals surface area contributed by atoms with Gasteiger partial charge >= 0.3 is 0 Å². The van der Waals surface area contributed by atoms with Gasteiger partial charge in [0.15, 0.2) is 0 Å². The van der Waals surface area contributed by atoms with Crippen molar-refractivity contribution in [3.63, 3.8) is 0 Å². The van der Waals surface area contributed by atoms with Crippen LogP contribution in [0.15, 0.2) is 18.2 Å². The monoisotopic (exact) mass is 197 g/mol. The van der Waals surface area contributed by atoms with Gasteiger partial charge in [-0.05, 0) is 32.9 Å². The van der Waals surface area contributed by atoms with Crippen molar-refractivity contribution in [3.8, 4) is 5.75 Å². The van der Waals surface area contributed by atoms with Crippen LogP contribution in [0.1, 0.15) is 20.8 Å². The van der Waals surface area contributed by atoms with E-state index in [-0.39, 0.29) is 11.9 Å². The first-order valence-corrected chi connectivity index (χ1v) is 4.83. The zero-order valence-corrected chi connectivity index (χ0v) is 8.80. The number of nitrogens with one attached hydrogen (secondary N) is 1. The van der Waals surface area contributed by atoms with Gasteiger partial charge in [0.2, 0.25) is 0 Å². The molecule has 0 unspecified atom stereocenters. The van der Waals surface area contributed by atoms with Crippen molar-refractivity contribution < 1.29 is 9.13 Å². The molecule has 0 heterocycles. The highest BCUT2D eigenvalue weighted by Crippen LogP contribution is 2.21. The highest BCUT2D eigenvalue weighted by molar-refractivity contribution is 5.47. The molecule has 0 amide bonds. The predicted molar refractivity (Wildman–Crippen MR) is 56.3 cm³/mol. The van der Waals surface area contributed by atoms with Gasteiger partial charge in [-0.15, -0.1) is 0 Å². The minimum absolute atomic E-state index is 0.0689. The van der Waals surface area contributed by atoms with Crippen molar-refractivity contribution >= 4 is 5.69 Å². The third-order valence-corrected chi connectivity index (χ3v) is 1.68. The molecule has 0 aliphatic heterocycles. The normalized spacial score (nSPS) is 10.4. The van der Waals surface area contributed by atoms with Crippen LogP contribution in [0, 0.1) is 5.82 Å². The summed E-state index contributed by atoms with van der Waals surface area (Å²) in [6.07, 6.45) is 0.0689. The molecule has 2 nitrogen and oxygen atoms in total. The Balaban J connectivity index is 2.78. The maximum absolute atomic E-state index is 13.3. The van der Waals surface area contributed by atoms with Gasteiger partial charge in [-0.1, -0.05) is 0 Å². The fourth-order valence-corrected chi connectivity index (χ4v) is 1.18. The van der Waals surface area contributed by atoms with Gasteiger partial charge in [-0.3, -0.25) is 0 Å². The first kappa shape index (κ1) is 10.8. The molecule has 0 aliphatic rings. The predicted octanol–water partition coefficient (Wildman–Crippen LogP) is 3.04. The van der Waals surface area contributed by atoms with Gasteiger partial charge in [0.25, 0.3) is 0 Å². The first-order chi connectivity index (χ1) is 6.63. The second-order valence-electron chi connectivity index (χ2n) is 3.34. The summed E-state index contributed by atoms with van der Waals surface area (Å²) in [5.74, 6) is 0.296. The summed E-state index contributed by atoms with van der Waals surface area (Å²) in [6.45, 7) is 6.46. The van der Waals surface area contributed by atoms with Gasteiger partial charge < -0.3 is 10.1 Å². The Morgan fingerprint density at radius 3 is 2.64 bits per heavy atom. The summed E-state index contributed by atoms with van der Waals surface area (Å²) in [4.78, 5) is 0. The smallest absolute Gasteiger partial charge is 0.149 e. The molecule has 3 heteroatoms. The standard InChI is InChI=1S/C11H16FNO/c1-4-13-11-6-5-9(7-10(11)12)14-8(2)3/h5-8,13H,4H2,1-3H3. The summed E-state index contributed by atoms with van der Waals surface area (Å²) >= 11 is 0. The number of halogens is 1. The summed E-state index contributed by atoms with van der Waals surface area (Å²) in [5, 5.41) is 2.93. The topological polar surface area (TPSA) is 21.3 Å². The van der Waals surface area contributed by atoms with Crippen LogP contribution in [0.3, 0.4) is 0 Å². The van der Waals surface area contributed by atoms with E-state index in [0.29, 0.717) is 18.0 Å². The maximum Gasteiger partial charge on any atom is 0.149 e. The number of hydrogen-bond donors (Lipinski definition) is 1. The third-order valence-electron chi connectivity index (χ3n) is 1.68. The van der Waals surface area contributed by atoms with Crippen LogP contribution in [0.5, 0.6) is 5.75 Å². The molecule has 1 N–H and O–H groups in total. The number of ether oxygens (including phenoxy) is 1. The van der Waals surface area contributed by atoms with Crippen LogP contribution in [0.25, 0.3) is 0 Å². The minimum atomic E-state index is -0.273. The van der Waals surface area contributed by atoms with E-state index in [1.54, 1.807) is 12.1 Å². The van der Waals surface area contributed by atoms with Gasteiger partial charge in [-0.25, -0.2) is 4.39 Å². The van der Waals surface area contributed by atoms with Gasteiger partial charge in [-0.2, -0.15) is 0 Å². The van der Waals surface area contributed by atoms with Crippen LogP contribution < -0.4 is 10.1 Å². The second-order valence-corrected chi connectivity index (χ2v) is 3.34. The molecule has 0 atom stereocenters. The van der Waals surface area contributed by atoms with Crippen molar-refractivity contribution in [2.24, 2.45) is 0 Å². The summed E-state index contributed by atoms with van der Waals surface area (Å²) in [6, 6.07) is 4.86. The molecule has 0 radical (unpaired) electrons. The molecule has 0 fully saturated rings. The van der Waals surface area contributed by atoms with E-state index in [2.05, 4.69) is 5.32 Å². The van der Waals surface area contributed by atoms with E-state index in [0.717, 1.165) is 0 Å². The van der Waals surface area contributed by atoms with E-state index in [4.69, 9.17) is 4.74 Å². The molecule has 0 saturated carbocycles. The molecule has 1 rings (SSSR count). The van der Waals surface area contributed by atoms with Crippen molar-refractivity contribution in [2.45, 2.75) is 26.9 Å². The van der Waals surface area contributed by atoms with E-state index in [1.165, 1.54) is 6.07 Å². The zero-order chi connectivity index (χ0) is 10.6. The summed E-state index contributed by atoms with van der Waals surface area (Å²) in [7, 11) is 0. The number of anilines is 1. The fraction of sp³-hybridized carbons (Fsp3) is 0.455. The molecule has 0 aliphatic carbocycles. The molecular weight excluding hydrogens is 181 g/mol. The van der Waals surface area contributed by atoms with Gasteiger partial charge in [0.05, 0.1) is 11.8 Å². The SMILES string of the molecule is CCNc1ccc(OC(C)C)cc1F. The van der Waals surface area contributed by atoms with Crippen LogP contribution in [-0.2, 0) is 0 Å². The van der Waals surface area contributed by atoms with Gasteiger partial charge in [0.1, 0.15) is 11.6 Å². The van der Waals surface area contributed by atoms with Gasteiger partial charge in [0, 0.05) is 12.6 Å². The lowest BCUT2D eigenvalue weighted by Gasteiger charge is -2.11. The summed E-state index contributed by atoms with van der Waals surface area (Å²) in [5.41, 5.74) is 0.517. The lowest BCUT2D eigenvalue weighted by molar-refractivity contribution is 0.241. The Hall–Kier alpha value is -1.25. The van der Waals surface area contributed by atoms with E-state index in [1.807, 2.05) is 20.8 Å². The third kappa shape index (κ3) is 2.91. The fourth-order valence-electron chi connectivity index (χ4n) is 1.18. The zero-order valence-electron chi connectivity index (χ0n) is 8.80. The Kier molecular flexibility index (Phi) is 3.74. The highest BCUT2D eigenvalue weighted by Gasteiger charge is 2.04. The minimum Gasteiger partial charge on any atom is -0.491 e. The van der Waals surface area contributed by atoms with Crippen LogP contribution in [-0.4, -0.2) is 12.6 Å². The average Bonchev–Trinajstić information content (AvgIpc) is 2.09. The lowest BCUT2D eigenvalue weighted by atomic mass is 10.3. The Bertz CT molecular complexity index is 299. The molecular formula is C11H16FNO. The second kappa shape index (κ2) is 4.84. The maximum atomic E-state index is 13.3. The summed E-state index contributed by atoms with van der Waals surface area (Å²) < 4.78 is 18.7. The molecule has 0 spiro atoms. The quantitative estimate of drug-likeness (QED) is 0.801. The Morgan fingerprint density at radius 1 is 1.43 bits per heavy atom. The van der Waals surface area contributed by atoms with E-state index in [9.17, 15) is 4.39 Å². The van der Waals surface area contributed by atoms with Crippen LogP contribution in [0.4, 0.5) is 10.1 Å². The van der Waals surface area contributed by atoms with E-state index < -0.39 is 0 Å². The molecule has 14 heavy (non-hydrogen) atoms. The molecule has 1 aromatic rings. The van der Waals surface area contributed by atoms with Crippen molar-refractivity contribution in [3.05, 3.63) is 24.0 Å². The number of hydrogen-bond acceptors (Lipinski definition) is 2. The molecule has 78 valence electrons. The largest absolute Gasteiger partial charge is 0.491 e. The highest BCUT2D eigenvalue weighted by atomic mass is 19.1. The van der Waals surface area contributed by atoms with Crippen molar-refractivity contribution in [1.29, 1.82) is 0 Å². The van der Waals surface area contributed by atoms with E-state index >= 15 is 0 Å². The average molecular weight is 197 g/mol. The van der Waals surface area contributed by atoms with Crippen molar-refractivity contribution in [2.75, 3.05) is 11.9 Å². The van der Waals surface area contributed by atoms with Crippen LogP contribution >= 0.6 is 0 Å². The molecule has 0 aromatic heterocycles. The molecule has 0 saturated heterocycles. The number of rotatable bonds is 4.